The van der Waals surface area contributed by atoms with Crippen LogP contribution in [0.25, 0.3) is 21.4 Å². The second kappa shape index (κ2) is 7.09. The molecule has 0 aliphatic carbocycles. The van der Waals surface area contributed by atoms with Crippen molar-refractivity contribution in [1.82, 2.24) is 14.8 Å². The summed E-state index contributed by atoms with van der Waals surface area (Å²) in [5, 5.41) is 10.1. The van der Waals surface area contributed by atoms with E-state index in [1.165, 1.54) is 11.6 Å². The van der Waals surface area contributed by atoms with Crippen LogP contribution in [-0.2, 0) is 4.79 Å². The fraction of sp³-hybridized carbons (Fsp3) is 0.150. The summed E-state index contributed by atoms with van der Waals surface area (Å²) in [6, 6.07) is 10.0. The SMILES string of the molecule is Cc1cc(C)c2nc(-n3nc(C)cc3NC(=O)/C=C/c3cccs3)sc2c1. The number of nitrogens with zero attached hydrogens (tertiary/aromatic N) is 3. The first kappa shape index (κ1) is 17.6. The Hall–Kier alpha value is -2.77. The van der Waals surface area contributed by atoms with Crippen molar-refractivity contribution in [3.05, 3.63) is 63.5 Å². The first-order chi connectivity index (χ1) is 13.0. The van der Waals surface area contributed by atoms with Gasteiger partial charge >= 0.3 is 0 Å². The molecule has 4 rings (SSSR count). The van der Waals surface area contributed by atoms with E-state index in [4.69, 9.17) is 4.98 Å². The number of aromatic nitrogens is 3. The van der Waals surface area contributed by atoms with Crippen LogP contribution in [0.3, 0.4) is 0 Å². The molecule has 0 saturated heterocycles. The minimum Gasteiger partial charge on any atom is -0.307 e. The van der Waals surface area contributed by atoms with E-state index in [0.717, 1.165) is 31.5 Å². The summed E-state index contributed by atoms with van der Waals surface area (Å²) in [5.74, 6) is 0.416. The minimum atomic E-state index is -0.197. The molecule has 0 saturated carbocycles. The monoisotopic (exact) mass is 394 g/mol. The van der Waals surface area contributed by atoms with Crippen molar-refractivity contribution in [2.24, 2.45) is 0 Å². The average Bonchev–Trinajstić information content (AvgIpc) is 3.32. The average molecular weight is 395 g/mol. The number of anilines is 1. The van der Waals surface area contributed by atoms with Crippen molar-refractivity contribution in [3.8, 4) is 5.13 Å². The van der Waals surface area contributed by atoms with E-state index in [9.17, 15) is 4.79 Å². The van der Waals surface area contributed by atoms with Gasteiger partial charge in [0.1, 0.15) is 5.82 Å². The molecule has 1 amide bonds. The maximum absolute atomic E-state index is 12.3. The number of hydrogen-bond donors (Lipinski definition) is 1. The number of fused-ring (bicyclic) bond motifs is 1. The lowest BCUT2D eigenvalue weighted by Gasteiger charge is -2.03. The molecule has 0 atom stereocenters. The summed E-state index contributed by atoms with van der Waals surface area (Å²) in [7, 11) is 0. The van der Waals surface area contributed by atoms with Gasteiger partial charge in [0.15, 0.2) is 0 Å². The number of aryl methyl sites for hydroxylation is 3. The molecule has 136 valence electrons. The fourth-order valence-electron chi connectivity index (χ4n) is 2.90. The van der Waals surface area contributed by atoms with Crippen molar-refractivity contribution in [3.63, 3.8) is 0 Å². The van der Waals surface area contributed by atoms with Gasteiger partial charge in [-0.1, -0.05) is 23.5 Å². The van der Waals surface area contributed by atoms with E-state index in [1.54, 1.807) is 33.4 Å². The fourth-order valence-corrected chi connectivity index (χ4v) is 4.62. The van der Waals surface area contributed by atoms with E-state index in [-0.39, 0.29) is 5.91 Å². The van der Waals surface area contributed by atoms with Crippen LogP contribution >= 0.6 is 22.7 Å². The smallest absolute Gasteiger partial charge is 0.249 e. The van der Waals surface area contributed by atoms with Gasteiger partial charge in [-0.3, -0.25) is 4.79 Å². The quantitative estimate of drug-likeness (QED) is 0.489. The van der Waals surface area contributed by atoms with Gasteiger partial charge in [0, 0.05) is 17.0 Å². The van der Waals surface area contributed by atoms with Crippen molar-refractivity contribution >= 4 is 50.7 Å². The Balaban J connectivity index is 1.65. The number of rotatable bonds is 4. The number of benzene rings is 1. The van der Waals surface area contributed by atoms with Gasteiger partial charge in [0.05, 0.1) is 15.9 Å². The van der Waals surface area contributed by atoms with Gasteiger partial charge in [-0.2, -0.15) is 9.78 Å². The molecule has 0 aliphatic heterocycles. The van der Waals surface area contributed by atoms with E-state index < -0.39 is 0 Å². The third-order valence-electron chi connectivity index (χ3n) is 4.02. The predicted molar refractivity (Wildman–Crippen MR) is 113 cm³/mol. The lowest BCUT2D eigenvalue weighted by Crippen LogP contribution is -2.12. The van der Waals surface area contributed by atoms with Crippen molar-refractivity contribution in [1.29, 1.82) is 0 Å². The van der Waals surface area contributed by atoms with Crippen LogP contribution in [-0.4, -0.2) is 20.7 Å². The molecule has 0 bridgehead atoms. The third-order valence-corrected chi connectivity index (χ3v) is 5.84. The number of hydrogen-bond acceptors (Lipinski definition) is 5. The highest BCUT2D eigenvalue weighted by Gasteiger charge is 2.15. The maximum Gasteiger partial charge on any atom is 0.249 e. The molecule has 0 radical (unpaired) electrons. The third kappa shape index (κ3) is 3.70. The summed E-state index contributed by atoms with van der Waals surface area (Å²) in [5.41, 5.74) is 4.14. The summed E-state index contributed by atoms with van der Waals surface area (Å²) in [6.07, 6.45) is 3.34. The van der Waals surface area contributed by atoms with Crippen LogP contribution in [0.2, 0.25) is 0 Å². The van der Waals surface area contributed by atoms with Crippen LogP contribution < -0.4 is 5.32 Å². The Morgan fingerprint density at radius 3 is 2.85 bits per heavy atom. The molecule has 0 aliphatic rings. The molecule has 4 aromatic rings. The van der Waals surface area contributed by atoms with Gasteiger partial charge in [0.25, 0.3) is 0 Å². The number of amides is 1. The molecule has 0 spiro atoms. The van der Waals surface area contributed by atoms with Crippen LogP contribution in [0.4, 0.5) is 5.82 Å². The number of carbonyl (C=O) groups is 1. The molecule has 7 heteroatoms. The van der Waals surface area contributed by atoms with Gasteiger partial charge in [-0.05, 0) is 55.5 Å². The van der Waals surface area contributed by atoms with Crippen LogP contribution in [0.5, 0.6) is 0 Å². The largest absolute Gasteiger partial charge is 0.307 e. The summed E-state index contributed by atoms with van der Waals surface area (Å²) < 4.78 is 2.82. The number of thiophene rings is 1. The van der Waals surface area contributed by atoms with E-state index >= 15 is 0 Å². The normalized spacial score (nSPS) is 11.5. The molecule has 5 nitrogen and oxygen atoms in total. The molecule has 3 aromatic heterocycles. The highest BCUT2D eigenvalue weighted by Crippen LogP contribution is 2.30. The van der Waals surface area contributed by atoms with Gasteiger partial charge in [-0.15, -0.1) is 11.3 Å². The van der Waals surface area contributed by atoms with Crippen LogP contribution in [0.1, 0.15) is 21.7 Å². The first-order valence-electron chi connectivity index (χ1n) is 8.47. The summed E-state index contributed by atoms with van der Waals surface area (Å²) >= 11 is 3.15. The Morgan fingerprint density at radius 2 is 2.07 bits per heavy atom. The maximum atomic E-state index is 12.3. The topological polar surface area (TPSA) is 59.8 Å². The van der Waals surface area contributed by atoms with E-state index in [1.807, 2.05) is 30.5 Å². The second-order valence-electron chi connectivity index (χ2n) is 6.35. The lowest BCUT2D eigenvalue weighted by molar-refractivity contribution is -0.111. The zero-order valence-electron chi connectivity index (χ0n) is 15.2. The standard InChI is InChI=1S/C20H18N4OS2/c1-12-9-13(2)19-16(10-12)27-20(22-19)24-17(11-14(3)23-24)21-18(25)7-6-15-5-4-8-26-15/h4-11H,1-3H3,(H,21,25)/b7-6+. The number of nitrogens with one attached hydrogen (secondary N) is 1. The Kier molecular flexibility index (Phi) is 4.63. The Labute approximate surface area is 165 Å². The zero-order valence-corrected chi connectivity index (χ0v) is 16.8. The Bertz CT molecular complexity index is 1150. The highest BCUT2D eigenvalue weighted by molar-refractivity contribution is 7.20. The zero-order chi connectivity index (χ0) is 19.0. The summed E-state index contributed by atoms with van der Waals surface area (Å²) in [6.45, 7) is 6.04. The van der Waals surface area contributed by atoms with E-state index in [2.05, 4.69) is 36.4 Å². The van der Waals surface area contributed by atoms with E-state index in [0.29, 0.717) is 5.82 Å². The Morgan fingerprint density at radius 1 is 1.22 bits per heavy atom. The molecule has 3 heterocycles. The molecular formula is C20H18N4OS2. The lowest BCUT2D eigenvalue weighted by atomic mass is 10.1. The van der Waals surface area contributed by atoms with Crippen molar-refractivity contribution in [2.75, 3.05) is 5.32 Å². The highest BCUT2D eigenvalue weighted by atomic mass is 32.1. The number of thiazole rings is 1. The summed E-state index contributed by atoms with van der Waals surface area (Å²) in [4.78, 5) is 18.1. The van der Waals surface area contributed by atoms with Gasteiger partial charge in [-0.25, -0.2) is 4.98 Å². The number of carbonyl (C=O) groups excluding carboxylic acids is 1. The predicted octanol–water partition coefficient (Wildman–Crippen LogP) is 5.12. The van der Waals surface area contributed by atoms with Crippen molar-refractivity contribution < 1.29 is 4.79 Å². The minimum absolute atomic E-state index is 0.197. The van der Waals surface area contributed by atoms with Gasteiger partial charge in [0.2, 0.25) is 11.0 Å². The molecular weight excluding hydrogens is 376 g/mol. The van der Waals surface area contributed by atoms with Crippen molar-refractivity contribution in [2.45, 2.75) is 20.8 Å². The molecule has 0 fully saturated rings. The first-order valence-corrected chi connectivity index (χ1v) is 10.2. The molecule has 0 unspecified atom stereocenters. The molecule has 1 aromatic carbocycles. The van der Waals surface area contributed by atoms with Gasteiger partial charge < -0.3 is 5.32 Å². The second-order valence-corrected chi connectivity index (χ2v) is 8.33. The molecule has 1 N–H and O–H groups in total. The van der Waals surface area contributed by atoms with Crippen LogP contribution in [0, 0.1) is 20.8 Å². The molecule has 27 heavy (non-hydrogen) atoms. The van der Waals surface area contributed by atoms with Crippen LogP contribution in [0.15, 0.2) is 41.8 Å².